The van der Waals surface area contributed by atoms with Gasteiger partial charge in [-0.25, -0.2) is 4.79 Å². The Bertz CT molecular complexity index is 1360. The number of hydrogen-bond acceptors (Lipinski definition) is 6. The highest BCUT2D eigenvalue weighted by Crippen LogP contribution is 2.65. The smallest absolute Gasteiger partial charge is 0.315 e. The summed E-state index contributed by atoms with van der Waals surface area (Å²) in [5, 5.41) is 9.06. The number of amides is 5. The highest BCUT2D eigenvalue weighted by molar-refractivity contribution is 6.37. The molecule has 0 spiro atoms. The summed E-state index contributed by atoms with van der Waals surface area (Å²) in [4.78, 5) is 68.2. The minimum atomic E-state index is -1.08. The normalized spacial score (nSPS) is 25.5. The quantitative estimate of drug-likeness (QED) is 0.185. The molecule has 1 unspecified atom stereocenters. The van der Waals surface area contributed by atoms with Crippen molar-refractivity contribution in [1.82, 2.24) is 20.9 Å². The maximum absolute atomic E-state index is 14.4. The number of nitrogens with one attached hydrogen (secondary N) is 3. The number of carbonyl (C=O) groups is 5. The van der Waals surface area contributed by atoms with Crippen LogP contribution >= 0.6 is 0 Å². The second-order valence-corrected chi connectivity index (χ2v) is 16.4. The zero-order valence-corrected chi connectivity index (χ0v) is 29.3. The lowest BCUT2D eigenvalue weighted by Crippen LogP contribution is -2.63. The molecule has 5 rings (SSSR count). The first kappa shape index (κ1) is 35.8. The number of rotatable bonds is 13. The van der Waals surface area contributed by atoms with Crippen LogP contribution in [0.15, 0.2) is 30.3 Å². The fourth-order valence-electron chi connectivity index (χ4n) is 8.03. The van der Waals surface area contributed by atoms with E-state index in [1.807, 2.05) is 51.1 Å². The van der Waals surface area contributed by atoms with Crippen LogP contribution in [-0.4, -0.2) is 71.3 Å². The molecule has 5 N–H and O–H groups in total. The van der Waals surface area contributed by atoms with E-state index < -0.39 is 52.7 Å². The van der Waals surface area contributed by atoms with E-state index in [4.69, 9.17) is 10.5 Å². The van der Waals surface area contributed by atoms with Gasteiger partial charge >= 0.3 is 6.03 Å². The number of ether oxygens (including phenoxy) is 1. The van der Waals surface area contributed by atoms with Crippen molar-refractivity contribution < 1.29 is 28.7 Å². The Labute approximate surface area is 284 Å². The predicted octanol–water partition coefficient (Wildman–Crippen LogP) is 3.83. The maximum atomic E-state index is 14.4. The van der Waals surface area contributed by atoms with Gasteiger partial charge in [-0.2, -0.15) is 0 Å². The number of benzene rings is 1. The number of primary amides is 1. The van der Waals surface area contributed by atoms with E-state index >= 15 is 0 Å². The molecular weight excluding hydrogens is 610 g/mol. The molecule has 1 heterocycles. The van der Waals surface area contributed by atoms with Crippen LogP contribution in [0, 0.1) is 28.6 Å². The maximum Gasteiger partial charge on any atom is 0.315 e. The van der Waals surface area contributed by atoms with E-state index in [9.17, 15) is 24.0 Å². The molecule has 0 aromatic heterocycles. The molecule has 3 aliphatic carbocycles. The Morgan fingerprint density at radius 2 is 1.62 bits per heavy atom. The van der Waals surface area contributed by atoms with Crippen LogP contribution in [-0.2, 0) is 30.5 Å². The van der Waals surface area contributed by atoms with Crippen molar-refractivity contribution in [2.45, 2.75) is 123 Å². The van der Waals surface area contributed by atoms with Gasteiger partial charge in [0.2, 0.25) is 17.6 Å². The Hall–Kier alpha value is -3.47. The second kappa shape index (κ2) is 14.2. The molecule has 264 valence electrons. The lowest BCUT2D eigenvalue weighted by atomic mass is 9.85. The molecule has 0 radical (unpaired) electrons. The highest BCUT2D eigenvalue weighted by Gasteiger charge is 2.70. The molecule has 3 saturated carbocycles. The summed E-state index contributed by atoms with van der Waals surface area (Å²) in [5.74, 6) is -2.41. The molecule has 11 heteroatoms. The van der Waals surface area contributed by atoms with Gasteiger partial charge in [-0.15, -0.1) is 0 Å². The SMILES string of the molecule is CC(C)(C)[C@H](NC(=O)NC1(COCc2ccccc2)CCCCCC1)C(=O)N1C[C@H]2[C@@H]([C@H]1C(=O)NC(CC1CC1)C(=O)C(N)=O)C2(C)C. The van der Waals surface area contributed by atoms with E-state index in [0.717, 1.165) is 56.9 Å². The lowest BCUT2D eigenvalue weighted by Gasteiger charge is -2.39. The summed E-state index contributed by atoms with van der Waals surface area (Å²) in [5.41, 5.74) is 5.00. The number of hydrogen-bond donors (Lipinski definition) is 4. The summed E-state index contributed by atoms with van der Waals surface area (Å²) in [7, 11) is 0. The standard InChI is InChI=1S/C37H55N5O6/c1-35(2,3)30(40-34(47)41-37(17-11-6-7-12-18-37)22-48-21-24-13-9-8-10-14-24)33(46)42-20-25-27(36(25,4)5)28(42)32(45)39-26(19-23-15-16-23)29(43)31(38)44/h8-10,13-14,23,25-28,30H,6-7,11-12,15-22H2,1-5H3,(H2,38,44)(H,39,45)(H2,40,41,47)/t25-,26?,27-,28-,30+/m0/s1. The first-order valence-electron chi connectivity index (χ1n) is 17.8. The Morgan fingerprint density at radius 3 is 2.21 bits per heavy atom. The number of fused-ring (bicyclic) bond motifs is 1. The summed E-state index contributed by atoms with van der Waals surface area (Å²) in [6, 6.07) is 6.75. The third-order valence-electron chi connectivity index (χ3n) is 11.2. The fraction of sp³-hybridized carbons (Fsp3) is 0.703. The van der Waals surface area contributed by atoms with Crippen LogP contribution in [0.3, 0.4) is 0 Å². The molecule has 1 aromatic rings. The highest BCUT2D eigenvalue weighted by atomic mass is 16.5. The molecule has 5 atom stereocenters. The summed E-state index contributed by atoms with van der Waals surface area (Å²) >= 11 is 0. The average molecular weight is 666 g/mol. The van der Waals surface area contributed by atoms with Crippen LogP contribution in [0.1, 0.15) is 98.0 Å². The Balaban J connectivity index is 1.30. The molecule has 11 nitrogen and oxygen atoms in total. The van der Waals surface area contributed by atoms with Crippen molar-refractivity contribution in [2.75, 3.05) is 13.2 Å². The predicted molar refractivity (Wildman–Crippen MR) is 181 cm³/mol. The zero-order chi connectivity index (χ0) is 34.9. The van der Waals surface area contributed by atoms with Gasteiger partial charge in [0.25, 0.3) is 5.91 Å². The third kappa shape index (κ3) is 8.21. The summed E-state index contributed by atoms with van der Waals surface area (Å²) in [6.07, 6.45) is 7.92. The average Bonchev–Trinajstić information content (AvgIpc) is 3.90. The van der Waals surface area contributed by atoms with E-state index in [-0.39, 0.29) is 29.1 Å². The molecule has 1 aromatic carbocycles. The first-order valence-corrected chi connectivity index (χ1v) is 17.8. The molecule has 4 aliphatic rings. The molecular formula is C37H55N5O6. The molecule has 0 bridgehead atoms. The van der Waals surface area contributed by atoms with Gasteiger partial charge in [0.1, 0.15) is 12.1 Å². The number of Topliss-reactive ketones (excluding diaryl/α,β-unsaturated/α-hetero) is 1. The van der Waals surface area contributed by atoms with Gasteiger partial charge in [-0.3, -0.25) is 19.2 Å². The van der Waals surface area contributed by atoms with Crippen LogP contribution in [0.2, 0.25) is 0 Å². The van der Waals surface area contributed by atoms with Crippen molar-refractivity contribution >= 4 is 29.5 Å². The minimum Gasteiger partial charge on any atom is -0.374 e. The Kier molecular flexibility index (Phi) is 10.6. The van der Waals surface area contributed by atoms with E-state index in [0.29, 0.717) is 26.2 Å². The lowest BCUT2D eigenvalue weighted by molar-refractivity contribution is -0.145. The van der Waals surface area contributed by atoms with Crippen molar-refractivity contribution in [3.63, 3.8) is 0 Å². The topological polar surface area (TPSA) is 160 Å². The third-order valence-corrected chi connectivity index (χ3v) is 11.2. The van der Waals surface area contributed by atoms with Crippen LogP contribution in [0.4, 0.5) is 4.79 Å². The minimum absolute atomic E-state index is 0.0998. The summed E-state index contributed by atoms with van der Waals surface area (Å²) < 4.78 is 6.17. The van der Waals surface area contributed by atoms with Gasteiger partial charge in [0.15, 0.2) is 0 Å². The van der Waals surface area contributed by atoms with Crippen LogP contribution in [0.5, 0.6) is 0 Å². The van der Waals surface area contributed by atoms with E-state index in [1.165, 1.54) is 0 Å². The number of nitrogens with zero attached hydrogens (tertiary/aromatic N) is 1. The van der Waals surface area contributed by atoms with E-state index in [1.54, 1.807) is 4.90 Å². The van der Waals surface area contributed by atoms with Crippen molar-refractivity contribution in [1.29, 1.82) is 0 Å². The van der Waals surface area contributed by atoms with Crippen molar-refractivity contribution in [3.8, 4) is 0 Å². The number of ketones is 1. The first-order chi connectivity index (χ1) is 22.6. The molecule has 5 amide bonds. The van der Waals surface area contributed by atoms with Crippen molar-refractivity contribution in [3.05, 3.63) is 35.9 Å². The van der Waals surface area contributed by atoms with Crippen molar-refractivity contribution in [2.24, 2.45) is 34.3 Å². The fourth-order valence-corrected chi connectivity index (χ4v) is 8.03. The van der Waals surface area contributed by atoms with Gasteiger partial charge < -0.3 is 31.3 Å². The van der Waals surface area contributed by atoms with E-state index in [2.05, 4.69) is 29.8 Å². The molecule has 48 heavy (non-hydrogen) atoms. The van der Waals surface area contributed by atoms with Gasteiger partial charge in [0.05, 0.1) is 24.8 Å². The zero-order valence-electron chi connectivity index (χ0n) is 29.3. The number of carbonyl (C=O) groups excluding carboxylic acids is 5. The van der Waals surface area contributed by atoms with Gasteiger partial charge in [-0.1, -0.05) is 103 Å². The molecule has 4 fully saturated rings. The largest absolute Gasteiger partial charge is 0.374 e. The summed E-state index contributed by atoms with van der Waals surface area (Å²) in [6.45, 7) is 11.0. The monoisotopic (exact) mass is 665 g/mol. The second-order valence-electron chi connectivity index (χ2n) is 16.4. The van der Waals surface area contributed by atoms with Gasteiger partial charge in [-0.05, 0) is 53.4 Å². The van der Waals surface area contributed by atoms with Gasteiger partial charge in [0, 0.05) is 6.54 Å². The number of urea groups is 1. The molecule has 1 aliphatic heterocycles. The molecule has 1 saturated heterocycles. The number of likely N-dealkylation sites (tertiary alicyclic amines) is 1. The number of piperidine rings is 1. The van der Waals surface area contributed by atoms with Crippen LogP contribution in [0.25, 0.3) is 0 Å². The van der Waals surface area contributed by atoms with Crippen LogP contribution < -0.4 is 21.7 Å². The Morgan fingerprint density at radius 1 is 0.979 bits per heavy atom. The number of nitrogens with two attached hydrogens (primary N) is 1.